The van der Waals surface area contributed by atoms with E-state index in [0.29, 0.717) is 34.4 Å². The van der Waals surface area contributed by atoms with Crippen LogP contribution in [0.4, 0.5) is 0 Å². The third kappa shape index (κ3) is 5.56. The van der Waals surface area contributed by atoms with Crippen molar-refractivity contribution in [1.29, 1.82) is 0 Å². The molecule has 4 rings (SSSR count). The topological polar surface area (TPSA) is 45.7 Å². The van der Waals surface area contributed by atoms with E-state index >= 15 is 0 Å². The van der Waals surface area contributed by atoms with Crippen LogP contribution in [0.2, 0.25) is 10.0 Å². The number of nitrogens with zero attached hydrogens (tertiary/aromatic N) is 3. The van der Waals surface area contributed by atoms with Gasteiger partial charge in [0.1, 0.15) is 12.4 Å². The zero-order valence-corrected chi connectivity index (χ0v) is 18.5. The molecular formula is C24H23Cl2N3O2. The number of hydrogen-bond donors (Lipinski definition) is 0. The minimum atomic E-state index is -0.0150. The summed E-state index contributed by atoms with van der Waals surface area (Å²) in [5.41, 5.74) is 2.56. The summed E-state index contributed by atoms with van der Waals surface area (Å²) in [6, 6.07) is 16.7. The van der Waals surface area contributed by atoms with Gasteiger partial charge < -0.3 is 9.64 Å². The van der Waals surface area contributed by atoms with Crippen LogP contribution in [0.25, 0.3) is 0 Å². The Morgan fingerprint density at radius 1 is 1.00 bits per heavy atom. The average molecular weight is 456 g/mol. The van der Waals surface area contributed by atoms with E-state index in [1.807, 2.05) is 47.5 Å². The highest BCUT2D eigenvalue weighted by Crippen LogP contribution is 2.25. The molecule has 1 aliphatic heterocycles. The molecule has 0 radical (unpaired) electrons. The molecular weight excluding hydrogens is 433 g/mol. The van der Waals surface area contributed by atoms with Gasteiger partial charge in [0, 0.05) is 60.7 Å². The number of rotatable bonds is 6. The molecule has 2 aromatic carbocycles. The lowest BCUT2D eigenvalue weighted by Crippen LogP contribution is -2.48. The van der Waals surface area contributed by atoms with Crippen LogP contribution < -0.4 is 4.74 Å². The third-order valence-electron chi connectivity index (χ3n) is 5.30. The van der Waals surface area contributed by atoms with Crippen LogP contribution in [0.3, 0.4) is 0 Å². The second-order valence-electron chi connectivity index (χ2n) is 7.45. The smallest absolute Gasteiger partial charge is 0.257 e. The number of piperazine rings is 1. The number of ether oxygens (including phenoxy) is 1. The Labute approximate surface area is 192 Å². The number of pyridine rings is 1. The zero-order chi connectivity index (χ0) is 21.6. The molecule has 2 heterocycles. The van der Waals surface area contributed by atoms with E-state index in [2.05, 4.69) is 16.0 Å². The van der Waals surface area contributed by atoms with Crippen molar-refractivity contribution < 1.29 is 9.53 Å². The Morgan fingerprint density at radius 3 is 2.55 bits per heavy atom. The van der Waals surface area contributed by atoms with Gasteiger partial charge in [-0.1, -0.05) is 47.5 Å². The molecule has 3 aromatic rings. The van der Waals surface area contributed by atoms with Gasteiger partial charge in [0.05, 0.1) is 5.56 Å². The fourth-order valence-electron chi connectivity index (χ4n) is 3.59. The number of para-hydroxylation sites is 1. The lowest BCUT2D eigenvalue weighted by Gasteiger charge is -2.35. The molecule has 1 fully saturated rings. The Bertz CT molecular complexity index is 1040. The summed E-state index contributed by atoms with van der Waals surface area (Å²) in [5, 5.41) is 1.12. The molecule has 160 valence electrons. The average Bonchev–Trinajstić information content (AvgIpc) is 2.79. The zero-order valence-electron chi connectivity index (χ0n) is 17.0. The van der Waals surface area contributed by atoms with E-state index in [1.54, 1.807) is 18.3 Å². The van der Waals surface area contributed by atoms with Crippen LogP contribution in [0.5, 0.6) is 5.75 Å². The molecule has 0 bridgehead atoms. The molecule has 1 amide bonds. The minimum absolute atomic E-state index is 0.0150. The van der Waals surface area contributed by atoms with Crippen molar-refractivity contribution in [3.8, 4) is 5.75 Å². The Kier molecular flexibility index (Phi) is 7.07. The highest BCUT2D eigenvalue weighted by atomic mass is 35.5. The summed E-state index contributed by atoms with van der Waals surface area (Å²) in [6.07, 6.45) is 3.67. The fraction of sp³-hybridized carbons (Fsp3) is 0.250. The van der Waals surface area contributed by atoms with Crippen molar-refractivity contribution in [2.75, 3.05) is 26.2 Å². The maximum Gasteiger partial charge on any atom is 0.257 e. The molecule has 1 aromatic heterocycles. The number of benzene rings is 2. The Hall–Kier alpha value is -2.60. The van der Waals surface area contributed by atoms with Gasteiger partial charge >= 0.3 is 0 Å². The molecule has 5 nitrogen and oxygen atoms in total. The molecule has 0 unspecified atom stereocenters. The van der Waals surface area contributed by atoms with Crippen molar-refractivity contribution in [3.63, 3.8) is 0 Å². The molecule has 0 saturated carbocycles. The number of hydrogen-bond acceptors (Lipinski definition) is 4. The van der Waals surface area contributed by atoms with E-state index in [9.17, 15) is 4.79 Å². The van der Waals surface area contributed by atoms with Crippen LogP contribution in [0.1, 0.15) is 21.5 Å². The lowest BCUT2D eigenvalue weighted by molar-refractivity contribution is 0.0624. The second-order valence-corrected chi connectivity index (χ2v) is 8.29. The van der Waals surface area contributed by atoms with Gasteiger partial charge in [0.15, 0.2) is 0 Å². The van der Waals surface area contributed by atoms with Gasteiger partial charge in [-0.25, -0.2) is 0 Å². The summed E-state index contributed by atoms with van der Waals surface area (Å²) in [4.78, 5) is 21.6. The molecule has 0 spiro atoms. The maximum absolute atomic E-state index is 13.2. The number of aromatic nitrogens is 1. The predicted octanol–water partition coefficient (Wildman–Crippen LogP) is 4.93. The highest BCUT2D eigenvalue weighted by Gasteiger charge is 2.24. The van der Waals surface area contributed by atoms with E-state index < -0.39 is 0 Å². The quantitative estimate of drug-likeness (QED) is 0.528. The first-order valence-electron chi connectivity index (χ1n) is 10.2. The molecule has 7 heteroatoms. The standard InChI is InChI=1S/C24H23Cl2N3O2/c25-20-8-7-19(22(26)14-20)17-31-23-6-2-1-5-21(23)24(30)29-12-10-28(11-13-29)16-18-4-3-9-27-15-18/h1-9,14-15H,10-13,16-17H2. The van der Waals surface area contributed by atoms with Crippen molar-refractivity contribution in [2.45, 2.75) is 13.2 Å². The first-order chi connectivity index (χ1) is 15.1. The normalized spacial score (nSPS) is 14.5. The summed E-state index contributed by atoms with van der Waals surface area (Å²) in [6.45, 7) is 4.11. The number of halogens is 2. The third-order valence-corrected chi connectivity index (χ3v) is 5.89. The number of carbonyl (C=O) groups is 1. The predicted molar refractivity (Wildman–Crippen MR) is 123 cm³/mol. The van der Waals surface area contributed by atoms with E-state index in [-0.39, 0.29) is 12.5 Å². The summed E-state index contributed by atoms with van der Waals surface area (Å²) in [7, 11) is 0. The first-order valence-corrected chi connectivity index (χ1v) is 10.9. The maximum atomic E-state index is 13.2. The van der Waals surface area contributed by atoms with Crippen LogP contribution in [0.15, 0.2) is 67.0 Å². The van der Waals surface area contributed by atoms with E-state index in [0.717, 1.165) is 25.2 Å². The first kappa shape index (κ1) is 21.6. The van der Waals surface area contributed by atoms with Crippen LogP contribution in [0, 0.1) is 0 Å². The molecule has 1 saturated heterocycles. The van der Waals surface area contributed by atoms with Crippen molar-refractivity contribution in [1.82, 2.24) is 14.8 Å². The summed E-state index contributed by atoms with van der Waals surface area (Å²) in [5.74, 6) is 0.537. The van der Waals surface area contributed by atoms with E-state index in [1.165, 1.54) is 5.56 Å². The molecule has 0 atom stereocenters. The Balaban J connectivity index is 1.38. The van der Waals surface area contributed by atoms with Gasteiger partial charge in [0.2, 0.25) is 0 Å². The van der Waals surface area contributed by atoms with Crippen LogP contribution >= 0.6 is 23.2 Å². The lowest BCUT2D eigenvalue weighted by atomic mass is 10.1. The van der Waals surface area contributed by atoms with Crippen molar-refractivity contribution >= 4 is 29.1 Å². The van der Waals surface area contributed by atoms with Crippen molar-refractivity contribution in [3.05, 3.63) is 93.7 Å². The molecule has 0 N–H and O–H groups in total. The number of amides is 1. The van der Waals surface area contributed by atoms with Gasteiger partial charge in [-0.15, -0.1) is 0 Å². The van der Waals surface area contributed by atoms with Gasteiger partial charge in [-0.2, -0.15) is 0 Å². The minimum Gasteiger partial charge on any atom is -0.488 e. The second kappa shape index (κ2) is 10.1. The molecule has 31 heavy (non-hydrogen) atoms. The SMILES string of the molecule is O=C(c1ccccc1OCc1ccc(Cl)cc1Cl)N1CCN(Cc2cccnc2)CC1. The fourth-order valence-corrected chi connectivity index (χ4v) is 4.06. The van der Waals surface area contributed by atoms with E-state index in [4.69, 9.17) is 27.9 Å². The van der Waals surface area contributed by atoms with Crippen LogP contribution in [-0.4, -0.2) is 46.9 Å². The van der Waals surface area contributed by atoms with Gasteiger partial charge in [-0.3, -0.25) is 14.7 Å². The highest BCUT2D eigenvalue weighted by molar-refractivity contribution is 6.35. The van der Waals surface area contributed by atoms with Crippen molar-refractivity contribution in [2.24, 2.45) is 0 Å². The Morgan fingerprint density at radius 2 is 1.81 bits per heavy atom. The monoisotopic (exact) mass is 455 g/mol. The van der Waals surface area contributed by atoms with Crippen LogP contribution in [-0.2, 0) is 13.2 Å². The van der Waals surface area contributed by atoms with Gasteiger partial charge in [-0.05, 0) is 35.9 Å². The summed E-state index contributed by atoms with van der Waals surface area (Å²) < 4.78 is 5.96. The van der Waals surface area contributed by atoms with Gasteiger partial charge in [0.25, 0.3) is 5.91 Å². The largest absolute Gasteiger partial charge is 0.488 e. The number of carbonyl (C=O) groups excluding carboxylic acids is 1. The molecule has 0 aliphatic carbocycles. The summed E-state index contributed by atoms with van der Waals surface area (Å²) >= 11 is 12.2. The molecule has 1 aliphatic rings.